The van der Waals surface area contributed by atoms with Gasteiger partial charge in [-0.2, -0.15) is 0 Å². The van der Waals surface area contributed by atoms with E-state index in [0.29, 0.717) is 26.9 Å². The van der Waals surface area contributed by atoms with Gasteiger partial charge in [-0.15, -0.1) is 22.7 Å². The maximum atomic E-state index is 12.6. The lowest BCUT2D eigenvalue weighted by Crippen LogP contribution is -2.42. The summed E-state index contributed by atoms with van der Waals surface area (Å²) in [6.45, 7) is 0. The highest BCUT2D eigenvalue weighted by Crippen LogP contribution is 2.30. The SMILES string of the molecule is N[C@H]1CCCC[C@H]1Nc1cnc2scc(C(=O)Nc3ccsc3Cl)c2n1. The van der Waals surface area contributed by atoms with E-state index >= 15 is 0 Å². The lowest BCUT2D eigenvalue weighted by Gasteiger charge is -2.29. The molecule has 0 radical (unpaired) electrons. The summed E-state index contributed by atoms with van der Waals surface area (Å²) in [6, 6.07) is 2.09. The summed E-state index contributed by atoms with van der Waals surface area (Å²) in [5, 5.41) is 9.83. The Morgan fingerprint density at radius 3 is 2.92 bits per heavy atom. The first-order valence-electron chi connectivity index (χ1n) is 8.42. The van der Waals surface area contributed by atoms with Crippen molar-refractivity contribution in [1.29, 1.82) is 0 Å². The van der Waals surface area contributed by atoms with Crippen LogP contribution in [0.2, 0.25) is 4.34 Å². The minimum Gasteiger partial charge on any atom is -0.364 e. The lowest BCUT2D eigenvalue weighted by molar-refractivity contribution is 0.102. The van der Waals surface area contributed by atoms with Crippen LogP contribution in [0.4, 0.5) is 11.5 Å². The van der Waals surface area contributed by atoms with Crippen molar-refractivity contribution in [3.63, 3.8) is 0 Å². The van der Waals surface area contributed by atoms with Gasteiger partial charge in [-0.05, 0) is 24.3 Å². The van der Waals surface area contributed by atoms with Gasteiger partial charge >= 0.3 is 0 Å². The molecule has 3 aromatic rings. The topological polar surface area (TPSA) is 92.9 Å². The quantitative estimate of drug-likeness (QED) is 0.598. The molecule has 0 bridgehead atoms. The Morgan fingerprint density at radius 2 is 2.15 bits per heavy atom. The number of halogens is 1. The molecule has 3 aromatic heterocycles. The Labute approximate surface area is 163 Å². The number of nitrogens with zero attached hydrogens (tertiary/aromatic N) is 2. The number of fused-ring (bicyclic) bond motifs is 1. The van der Waals surface area contributed by atoms with E-state index in [1.165, 1.54) is 29.1 Å². The van der Waals surface area contributed by atoms with E-state index in [2.05, 4.69) is 20.6 Å². The third kappa shape index (κ3) is 3.55. The van der Waals surface area contributed by atoms with Gasteiger partial charge in [0.25, 0.3) is 5.91 Å². The van der Waals surface area contributed by atoms with Crippen molar-refractivity contribution in [2.24, 2.45) is 5.73 Å². The molecular weight excluding hydrogens is 390 g/mol. The number of carbonyl (C=O) groups is 1. The lowest BCUT2D eigenvalue weighted by atomic mass is 9.91. The molecule has 0 spiro atoms. The molecule has 1 saturated carbocycles. The average Bonchev–Trinajstić information content (AvgIpc) is 3.23. The van der Waals surface area contributed by atoms with Gasteiger partial charge < -0.3 is 16.4 Å². The molecule has 1 aliphatic rings. The Bertz CT molecular complexity index is 940. The van der Waals surface area contributed by atoms with Crippen LogP contribution in [0, 0.1) is 0 Å². The fourth-order valence-electron chi connectivity index (χ4n) is 3.14. The molecule has 6 nitrogen and oxygen atoms in total. The number of amides is 1. The van der Waals surface area contributed by atoms with E-state index in [4.69, 9.17) is 17.3 Å². The molecule has 0 unspecified atom stereocenters. The number of carbonyl (C=O) groups excluding carboxylic acids is 1. The van der Waals surface area contributed by atoms with Crippen LogP contribution in [-0.4, -0.2) is 28.0 Å². The fourth-order valence-corrected chi connectivity index (χ4v) is 4.80. The zero-order valence-electron chi connectivity index (χ0n) is 13.9. The second-order valence-corrected chi connectivity index (χ2v) is 8.70. The molecule has 0 aliphatic heterocycles. The second kappa shape index (κ2) is 7.48. The smallest absolute Gasteiger partial charge is 0.258 e. The van der Waals surface area contributed by atoms with Crippen LogP contribution in [0.25, 0.3) is 10.3 Å². The predicted molar refractivity (Wildman–Crippen MR) is 109 cm³/mol. The normalized spacial score (nSPS) is 20.2. The van der Waals surface area contributed by atoms with E-state index in [9.17, 15) is 4.79 Å². The van der Waals surface area contributed by atoms with Gasteiger partial charge in [0.05, 0.1) is 17.4 Å². The number of anilines is 2. The zero-order valence-corrected chi connectivity index (χ0v) is 16.3. The second-order valence-electron chi connectivity index (χ2n) is 6.32. The summed E-state index contributed by atoms with van der Waals surface area (Å²) >= 11 is 8.84. The summed E-state index contributed by atoms with van der Waals surface area (Å²) in [5.74, 6) is 0.415. The Hall–Kier alpha value is -1.74. The number of nitrogens with two attached hydrogens (primary N) is 1. The number of aromatic nitrogens is 2. The molecule has 2 atom stereocenters. The van der Waals surface area contributed by atoms with Crippen LogP contribution in [-0.2, 0) is 0 Å². The molecule has 0 aromatic carbocycles. The molecule has 0 saturated heterocycles. The van der Waals surface area contributed by atoms with E-state index in [0.717, 1.165) is 24.1 Å². The molecule has 136 valence electrons. The van der Waals surface area contributed by atoms with Crippen molar-refractivity contribution in [2.45, 2.75) is 37.8 Å². The summed E-state index contributed by atoms with van der Waals surface area (Å²) in [7, 11) is 0. The van der Waals surface area contributed by atoms with E-state index < -0.39 is 0 Å². The zero-order chi connectivity index (χ0) is 18.1. The minimum absolute atomic E-state index is 0.118. The van der Waals surface area contributed by atoms with E-state index in [-0.39, 0.29) is 18.0 Å². The highest BCUT2D eigenvalue weighted by atomic mass is 35.5. The van der Waals surface area contributed by atoms with Crippen LogP contribution in [0.5, 0.6) is 0 Å². The predicted octanol–water partition coefficient (Wildman–Crippen LogP) is 4.34. The average molecular weight is 408 g/mol. The molecular formula is C17H18ClN5OS2. The standard InChI is InChI=1S/C17H18ClN5OS2/c18-15-12(5-6-25-15)22-16(24)9-8-26-17-14(9)23-13(7-20-17)21-11-4-2-1-3-10(11)19/h5-8,10-11H,1-4,19H2,(H,21,23)(H,22,24)/t10-,11+/m0/s1. The highest BCUT2D eigenvalue weighted by Gasteiger charge is 2.23. The fraction of sp³-hybridized carbons (Fsp3) is 0.353. The largest absolute Gasteiger partial charge is 0.364 e. The van der Waals surface area contributed by atoms with Crippen LogP contribution in [0.3, 0.4) is 0 Å². The van der Waals surface area contributed by atoms with Gasteiger partial charge in [0.1, 0.15) is 20.5 Å². The molecule has 26 heavy (non-hydrogen) atoms. The van der Waals surface area contributed by atoms with Gasteiger partial charge in [-0.1, -0.05) is 24.4 Å². The monoisotopic (exact) mass is 407 g/mol. The number of hydrogen-bond acceptors (Lipinski definition) is 7. The van der Waals surface area contributed by atoms with Crippen molar-refractivity contribution in [3.05, 3.63) is 32.9 Å². The Kier molecular flexibility index (Phi) is 5.08. The van der Waals surface area contributed by atoms with Crippen LogP contribution < -0.4 is 16.4 Å². The summed E-state index contributed by atoms with van der Waals surface area (Å²) in [5.41, 5.74) is 7.90. The van der Waals surface area contributed by atoms with Crippen LogP contribution >= 0.6 is 34.3 Å². The van der Waals surface area contributed by atoms with Crippen molar-refractivity contribution >= 4 is 62.0 Å². The summed E-state index contributed by atoms with van der Waals surface area (Å²) < 4.78 is 0.553. The number of nitrogens with one attached hydrogen (secondary N) is 2. The first kappa shape index (κ1) is 17.7. The molecule has 1 amide bonds. The molecule has 1 aliphatic carbocycles. The summed E-state index contributed by atoms with van der Waals surface area (Å²) in [4.78, 5) is 22.4. The van der Waals surface area contributed by atoms with Gasteiger partial charge in [-0.3, -0.25) is 4.79 Å². The van der Waals surface area contributed by atoms with Gasteiger partial charge in [0.15, 0.2) is 0 Å². The maximum absolute atomic E-state index is 12.6. The molecule has 4 rings (SSSR count). The van der Waals surface area contributed by atoms with Gasteiger partial charge in [0, 0.05) is 17.5 Å². The van der Waals surface area contributed by atoms with Crippen molar-refractivity contribution in [1.82, 2.24) is 9.97 Å². The number of hydrogen-bond donors (Lipinski definition) is 3. The molecule has 9 heteroatoms. The summed E-state index contributed by atoms with van der Waals surface area (Å²) in [6.07, 6.45) is 6.07. The van der Waals surface area contributed by atoms with Crippen LogP contribution in [0.1, 0.15) is 36.0 Å². The Morgan fingerprint density at radius 1 is 1.31 bits per heavy atom. The minimum atomic E-state index is -0.239. The molecule has 1 fully saturated rings. The third-order valence-electron chi connectivity index (χ3n) is 4.55. The first-order chi connectivity index (χ1) is 12.6. The number of thiophene rings is 2. The third-order valence-corrected chi connectivity index (χ3v) is 6.59. The van der Waals surface area contributed by atoms with Crippen molar-refractivity contribution in [3.8, 4) is 0 Å². The molecule has 3 heterocycles. The Balaban J connectivity index is 1.58. The highest BCUT2D eigenvalue weighted by molar-refractivity contribution is 7.17. The number of rotatable bonds is 4. The van der Waals surface area contributed by atoms with Gasteiger partial charge in [0.2, 0.25) is 0 Å². The van der Waals surface area contributed by atoms with E-state index in [1.54, 1.807) is 17.6 Å². The van der Waals surface area contributed by atoms with Crippen molar-refractivity contribution < 1.29 is 4.79 Å². The molecule has 4 N–H and O–H groups in total. The van der Waals surface area contributed by atoms with Crippen LogP contribution in [0.15, 0.2) is 23.0 Å². The maximum Gasteiger partial charge on any atom is 0.258 e. The van der Waals surface area contributed by atoms with Crippen molar-refractivity contribution in [2.75, 3.05) is 10.6 Å². The van der Waals surface area contributed by atoms with E-state index in [1.807, 2.05) is 5.38 Å². The first-order valence-corrected chi connectivity index (χ1v) is 10.6. The van der Waals surface area contributed by atoms with Gasteiger partial charge in [-0.25, -0.2) is 9.97 Å².